The predicted molar refractivity (Wildman–Crippen MR) is 74.3 cm³/mol. The number of hydrogen-bond donors (Lipinski definition) is 2. The molecule has 0 aromatic carbocycles. The van der Waals surface area contributed by atoms with E-state index in [1.165, 1.54) is 0 Å². The van der Waals surface area contributed by atoms with E-state index in [1.807, 2.05) is 6.92 Å². The second kappa shape index (κ2) is 6.50. The Labute approximate surface area is 109 Å². The molecule has 0 fully saturated rings. The molecule has 1 unspecified atom stereocenters. The van der Waals surface area contributed by atoms with Crippen LogP contribution in [-0.4, -0.2) is 17.3 Å². The largest absolute Gasteiger partial charge is 0.383 e. The van der Waals surface area contributed by atoms with Gasteiger partial charge in [0.05, 0.1) is 5.56 Å². The topological polar surface area (TPSA) is 82.0 Å². The summed E-state index contributed by atoms with van der Waals surface area (Å²) in [6.07, 6.45) is 3.08. The Morgan fingerprint density at radius 1 is 1.44 bits per heavy atom. The van der Waals surface area contributed by atoms with Crippen LogP contribution in [0.4, 0.5) is 5.82 Å². The molecular weight excluding hydrogens is 226 g/mol. The minimum atomic E-state index is 0.0415. The molecule has 0 aliphatic heterocycles. The molecule has 1 heterocycles. The average Bonchev–Trinajstić information content (AvgIpc) is 2.30. The van der Waals surface area contributed by atoms with E-state index in [9.17, 15) is 4.79 Å². The minimum Gasteiger partial charge on any atom is -0.383 e. The van der Waals surface area contributed by atoms with Crippen LogP contribution >= 0.6 is 0 Å². The molecule has 4 nitrogen and oxygen atoms in total. The Balaban J connectivity index is 2.77. The number of aromatic nitrogens is 1. The highest BCUT2D eigenvalue weighted by molar-refractivity contribution is 6.00. The van der Waals surface area contributed by atoms with E-state index >= 15 is 0 Å². The Hall–Kier alpha value is -1.42. The van der Waals surface area contributed by atoms with E-state index in [0.717, 1.165) is 12.0 Å². The first-order valence-corrected chi connectivity index (χ1v) is 6.39. The third kappa shape index (κ3) is 4.11. The van der Waals surface area contributed by atoms with Crippen LogP contribution in [-0.2, 0) is 0 Å². The van der Waals surface area contributed by atoms with Crippen LogP contribution in [0.2, 0.25) is 0 Å². The normalized spacial score (nSPS) is 12.7. The van der Waals surface area contributed by atoms with E-state index in [1.54, 1.807) is 12.3 Å². The monoisotopic (exact) mass is 249 g/mol. The number of carbonyl (C=O) groups excluding carboxylic acids is 1. The Kier molecular flexibility index (Phi) is 5.28. The van der Waals surface area contributed by atoms with Crippen molar-refractivity contribution in [1.29, 1.82) is 0 Å². The molecule has 18 heavy (non-hydrogen) atoms. The number of anilines is 1. The average molecular weight is 249 g/mol. The minimum absolute atomic E-state index is 0.0415. The van der Waals surface area contributed by atoms with Gasteiger partial charge in [-0.15, -0.1) is 0 Å². The summed E-state index contributed by atoms with van der Waals surface area (Å²) in [4.78, 5) is 16.2. The van der Waals surface area contributed by atoms with Gasteiger partial charge in [-0.3, -0.25) is 4.79 Å². The molecule has 0 saturated heterocycles. The number of Topliss-reactive ketones (excluding diaryl/α,β-unsaturated/α-hetero) is 1. The van der Waals surface area contributed by atoms with Crippen LogP contribution in [0.25, 0.3) is 0 Å². The third-order valence-electron chi connectivity index (χ3n) is 2.97. The molecule has 100 valence electrons. The first-order chi connectivity index (χ1) is 8.43. The fourth-order valence-electron chi connectivity index (χ4n) is 2.10. The zero-order chi connectivity index (χ0) is 13.7. The van der Waals surface area contributed by atoms with Gasteiger partial charge in [0.15, 0.2) is 5.78 Å². The summed E-state index contributed by atoms with van der Waals surface area (Å²) in [5.41, 5.74) is 12.9. The van der Waals surface area contributed by atoms with Crippen LogP contribution in [0, 0.1) is 18.8 Å². The van der Waals surface area contributed by atoms with Crippen molar-refractivity contribution < 1.29 is 4.79 Å². The molecule has 1 aromatic rings. The highest BCUT2D eigenvalue weighted by Gasteiger charge is 2.17. The summed E-state index contributed by atoms with van der Waals surface area (Å²) >= 11 is 0. The maximum atomic E-state index is 12.2. The smallest absolute Gasteiger partial charge is 0.166 e. The molecule has 0 bridgehead atoms. The third-order valence-corrected chi connectivity index (χ3v) is 2.97. The lowest BCUT2D eigenvalue weighted by Gasteiger charge is -2.16. The van der Waals surface area contributed by atoms with Gasteiger partial charge in [0.25, 0.3) is 0 Å². The first kappa shape index (κ1) is 14.6. The van der Waals surface area contributed by atoms with Gasteiger partial charge in [-0.1, -0.05) is 13.8 Å². The van der Waals surface area contributed by atoms with Gasteiger partial charge < -0.3 is 11.5 Å². The molecule has 1 rings (SSSR count). The van der Waals surface area contributed by atoms with Gasteiger partial charge in [-0.25, -0.2) is 4.98 Å². The molecule has 0 radical (unpaired) electrons. The number of pyridine rings is 1. The molecular formula is C14H23N3O. The van der Waals surface area contributed by atoms with E-state index in [2.05, 4.69) is 18.8 Å². The number of ketones is 1. The number of nitrogens with two attached hydrogens (primary N) is 2. The van der Waals surface area contributed by atoms with Gasteiger partial charge in [-0.2, -0.15) is 0 Å². The maximum Gasteiger partial charge on any atom is 0.166 e. The first-order valence-electron chi connectivity index (χ1n) is 6.39. The lowest BCUT2D eigenvalue weighted by molar-refractivity contribution is 0.0958. The summed E-state index contributed by atoms with van der Waals surface area (Å²) < 4.78 is 0. The molecule has 4 heteroatoms. The fourth-order valence-corrected chi connectivity index (χ4v) is 2.10. The highest BCUT2D eigenvalue weighted by Crippen LogP contribution is 2.19. The van der Waals surface area contributed by atoms with Crippen molar-refractivity contribution in [2.45, 2.75) is 33.6 Å². The zero-order valence-electron chi connectivity index (χ0n) is 11.4. The molecule has 0 saturated carbocycles. The van der Waals surface area contributed by atoms with Crippen molar-refractivity contribution in [3.8, 4) is 0 Å². The second-order valence-electron chi connectivity index (χ2n) is 5.30. The van der Waals surface area contributed by atoms with Gasteiger partial charge in [-0.05, 0) is 43.4 Å². The van der Waals surface area contributed by atoms with E-state index < -0.39 is 0 Å². The van der Waals surface area contributed by atoms with Crippen molar-refractivity contribution in [3.63, 3.8) is 0 Å². The number of nitrogens with zero attached hydrogens (tertiary/aromatic N) is 1. The fraction of sp³-hybridized carbons (Fsp3) is 0.571. The molecule has 0 amide bonds. The number of hydrogen-bond acceptors (Lipinski definition) is 4. The molecule has 0 spiro atoms. The molecule has 0 aliphatic rings. The predicted octanol–water partition coefficient (Wildman–Crippen LogP) is 2.17. The van der Waals surface area contributed by atoms with Gasteiger partial charge in [0.2, 0.25) is 0 Å². The summed E-state index contributed by atoms with van der Waals surface area (Å²) in [7, 11) is 0. The van der Waals surface area contributed by atoms with Crippen LogP contribution in [0.3, 0.4) is 0 Å². The molecule has 1 atom stereocenters. The Bertz CT molecular complexity index is 416. The van der Waals surface area contributed by atoms with Crippen molar-refractivity contribution in [2.75, 3.05) is 12.3 Å². The van der Waals surface area contributed by atoms with Crippen LogP contribution in [0.1, 0.15) is 42.6 Å². The van der Waals surface area contributed by atoms with Crippen LogP contribution in [0.15, 0.2) is 12.3 Å². The van der Waals surface area contributed by atoms with Crippen LogP contribution in [0.5, 0.6) is 0 Å². The Morgan fingerprint density at radius 2 is 2.11 bits per heavy atom. The quantitative estimate of drug-likeness (QED) is 0.757. The zero-order valence-corrected chi connectivity index (χ0v) is 11.4. The number of nitrogen functional groups attached to an aromatic ring is 1. The van der Waals surface area contributed by atoms with E-state index in [4.69, 9.17) is 11.5 Å². The number of aryl methyl sites for hydroxylation is 1. The number of carbonyl (C=O) groups is 1. The lowest BCUT2D eigenvalue weighted by Crippen LogP contribution is -2.20. The van der Waals surface area contributed by atoms with Crippen molar-refractivity contribution in [1.82, 2.24) is 4.98 Å². The maximum absolute atomic E-state index is 12.2. The van der Waals surface area contributed by atoms with Crippen molar-refractivity contribution >= 4 is 11.6 Å². The lowest BCUT2D eigenvalue weighted by atomic mass is 9.90. The SMILES string of the molecule is Cc1cnc(N)c(C(=O)CC(CN)CC(C)C)c1. The molecule has 4 N–H and O–H groups in total. The molecule has 0 aliphatic carbocycles. The number of rotatable bonds is 6. The summed E-state index contributed by atoms with van der Waals surface area (Å²) in [5.74, 6) is 1.11. The summed E-state index contributed by atoms with van der Waals surface area (Å²) in [6.45, 7) is 6.70. The van der Waals surface area contributed by atoms with E-state index in [-0.39, 0.29) is 11.7 Å². The van der Waals surface area contributed by atoms with Crippen molar-refractivity contribution in [3.05, 3.63) is 23.4 Å². The standard InChI is InChI=1S/C14H23N3O/c1-9(2)4-11(7-15)6-13(18)12-5-10(3)8-17-14(12)16/h5,8-9,11H,4,6-7,15H2,1-3H3,(H2,16,17). The summed E-state index contributed by atoms with van der Waals surface area (Å²) in [6, 6.07) is 1.80. The van der Waals surface area contributed by atoms with E-state index in [0.29, 0.717) is 30.3 Å². The van der Waals surface area contributed by atoms with Crippen molar-refractivity contribution in [2.24, 2.45) is 17.6 Å². The highest BCUT2D eigenvalue weighted by atomic mass is 16.1. The Morgan fingerprint density at radius 3 is 2.67 bits per heavy atom. The van der Waals surface area contributed by atoms with Gasteiger partial charge in [0, 0.05) is 12.6 Å². The van der Waals surface area contributed by atoms with Gasteiger partial charge in [0.1, 0.15) is 5.82 Å². The van der Waals surface area contributed by atoms with Crippen LogP contribution < -0.4 is 11.5 Å². The van der Waals surface area contributed by atoms with Gasteiger partial charge >= 0.3 is 0 Å². The second-order valence-corrected chi connectivity index (χ2v) is 5.30. The molecule has 1 aromatic heterocycles. The summed E-state index contributed by atoms with van der Waals surface area (Å²) in [5, 5.41) is 0.